The number of hydrogen-bond donors (Lipinski definition) is 3. The van der Waals surface area contributed by atoms with Crippen LogP contribution in [-0.2, 0) is 18.6 Å². The van der Waals surface area contributed by atoms with Crippen molar-refractivity contribution < 1.29 is 33.7 Å². The molecule has 3 N–H and O–H groups in total. The fraction of sp³-hybridized carbons (Fsp3) is 0.949. The maximum atomic E-state index is 12.4. The number of rotatable bonds is 39. The van der Waals surface area contributed by atoms with Crippen molar-refractivity contribution in [3.63, 3.8) is 0 Å². The Kier molecular flexibility index (Phi) is 36.8. The molecule has 0 aliphatic heterocycles. The summed E-state index contributed by atoms with van der Waals surface area (Å²) < 4.78 is 29.7. The van der Waals surface area contributed by atoms with E-state index in [2.05, 4.69) is 26.0 Å². The van der Waals surface area contributed by atoms with Crippen molar-refractivity contribution in [2.45, 2.75) is 199 Å². The van der Waals surface area contributed by atoms with Crippen molar-refractivity contribution in [1.29, 1.82) is 0 Å². The summed E-state index contributed by atoms with van der Waals surface area (Å²) in [6.07, 6.45) is 36.3. The van der Waals surface area contributed by atoms with Gasteiger partial charge >= 0.3 is 7.60 Å². The van der Waals surface area contributed by atoms with E-state index < -0.39 is 26.4 Å². The van der Waals surface area contributed by atoms with Gasteiger partial charge in [-0.05, 0) is 44.9 Å². The average molecular weight is 691 g/mol. The van der Waals surface area contributed by atoms with Crippen LogP contribution in [0.25, 0.3) is 0 Å². The van der Waals surface area contributed by atoms with Gasteiger partial charge in [0.2, 0.25) is 0 Å². The van der Waals surface area contributed by atoms with Gasteiger partial charge in [0.1, 0.15) is 6.10 Å². The molecule has 0 radical (unpaired) electrons. The van der Waals surface area contributed by atoms with Crippen molar-refractivity contribution >= 4 is 7.60 Å². The van der Waals surface area contributed by atoms with Crippen LogP contribution in [-0.4, -0.2) is 66.5 Å². The van der Waals surface area contributed by atoms with Crippen LogP contribution in [0.1, 0.15) is 187 Å². The normalized spacial score (nSPS) is 14.6. The molecule has 8 heteroatoms. The molecular weight excluding hydrogens is 611 g/mol. The molecule has 0 aliphatic rings. The first-order valence-electron chi connectivity index (χ1n) is 20.0. The third-order valence-electron chi connectivity index (χ3n) is 8.87. The van der Waals surface area contributed by atoms with E-state index >= 15 is 0 Å². The van der Waals surface area contributed by atoms with Gasteiger partial charge in [-0.2, -0.15) is 0 Å². The monoisotopic (exact) mass is 691 g/mol. The first-order chi connectivity index (χ1) is 22.9. The van der Waals surface area contributed by atoms with Crippen LogP contribution in [0.4, 0.5) is 0 Å². The summed E-state index contributed by atoms with van der Waals surface area (Å²) in [7, 11) is -3.88. The van der Waals surface area contributed by atoms with Crippen molar-refractivity contribution in [3.05, 3.63) is 12.2 Å². The summed E-state index contributed by atoms with van der Waals surface area (Å²) in [4.78, 5) is 10.2. The third kappa shape index (κ3) is 36.8. The van der Waals surface area contributed by atoms with Crippen LogP contribution in [0, 0.1) is 0 Å². The Morgan fingerprint density at radius 3 is 1.51 bits per heavy atom. The number of hydrogen-bond acceptors (Lipinski definition) is 6. The molecule has 0 aliphatic carbocycles. The molecule has 0 aromatic carbocycles. The quantitative estimate of drug-likeness (QED) is 0.0335. The summed E-state index contributed by atoms with van der Waals surface area (Å²) in [6.45, 7) is 5.64. The van der Waals surface area contributed by atoms with Crippen molar-refractivity contribution in [2.75, 3.05) is 39.2 Å². The lowest BCUT2D eigenvalue weighted by Crippen LogP contribution is -2.26. The smallest absolute Gasteiger partial charge is 0.328 e. The molecule has 0 saturated carbocycles. The van der Waals surface area contributed by atoms with E-state index in [0.717, 1.165) is 25.7 Å². The van der Waals surface area contributed by atoms with Gasteiger partial charge in [-0.1, -0.05) is 154 Å². The standard InChI is InChI=1S/C39H79O7P/c1-3-5-7-9-11-13-15-17-19-21-23-25-27-29-32-44-36-39(37-46-47(42,43)34-31-38(41)35-40)45-33-30-28-26-24-22-20-18-16-14-12-10-8-6-4-2/h14,16,38-41H,3-13,15,17-37H2,1-2H3,(H,42,43)/b16-14-. The number of aliphatic hydroxyl groups excluding tert-OH is 2. The van der Waals surface area contributed by atoms with E-state index in [1.807, 2.05) is 0 Å². The molecule has 0 rings (SSSR count). The van der Waals surface area contributed by atoms with Gasteiger partial charge in [0.15, 0.2) is 0 Å². The maximum absolute atomic E-state index is 12.4. The molecule has 0 fully saturated rings. The number of ether oxygens (including phenoxy) is 2. The Balaban J connectivity index is 4.06. The highest BCUT2D eigenvalue weighted by Crippen LogP contribution is 2.43. The van der Waals surface area contributed by atoms with Gasteiger partial charge in [0, 0.05) is 13.2 Å². The second kappa shape index (κ2) is 37.0. The van der Waals surface area contributed by atoms with Crippen molar-refractivity contribution in [2.24, 2.45) is 0 Å². The molecule has 0 saturated heterocycles. The zero-order chi connectivity index (χ0) is 34.5. The lowest BCUT2D eigenvalue weighted by molar-refractivity contribution is -0.0404. The molecule has 47 heavy (non-hydrogen) atoms. The molecule has 3 unspecified atom stereocenters. The minimum atomic E-state index is -3.88. The summed E-state index contributed by atoms with van der Waals surface area (Å²) in [5.41, 5.74) is 0. The zero-order valence-electron chi connectivity index (χ0n) is 31.1. The second-order valence-electron chi connectivity index (χ2n) is 13.7. The summed E-state index contributed by atoms with van der Waals surface area (Å²) in [5, 5.41) is 18.5. The van der Waals surface area contributed by atoms with Crippen LogP contribution < -0.4 is 0 Å². The number of unbranched alkanes of at least 4 members (excludes halogenated alkanes) is 23. The largest absolute Gasteiger partial charge is 0.394 e. The first kappa shape index (κ1) is 46.7. The number of allylic oxidation sites excluding steroid dienone is 2. The second-order valence-corrected chi connectivity index (χ2v) is 15.7. The highest BCUT2D eigenvalue weighted by Gasteiger charge is 2.23. The van der Waals surface area contributed by atoms with Crippen molar-refractivity contribution in [3.8, 4) is 0 Å². The van der Waals surface area contributed by atoms with Gasteiger partial charge in [-0.15, -0.1) is 0 Å². The van der Waals surface area contributed by atoms with Crippen LogP contribution in [0.2, 0.25) is 0 Å². The van der Waals surface area contributed by atoms with Crippen molar-refractivity contribution in [1.82, 2.24) is 0 Å². The molecule has 0 spiro atoms. The van der Waals surface area contributed by atoms with Crippen LogP contribution in [0.3, 0.4) is 0 Å². The fourth-order valence-electron chi connectivity index (χ4n) is 5.67. The van der Waals surface area contributed by atoms with Gasteiger partial charge in [-0.25, -0.2) is 0 Å². The SMILES string of the molecule is CCCCCC/C=C\CCCCCCCCOC(COCCCCCCCCCCCCCCCC)COP(=O)(O)CCC(O)CO. The summed E-state index contributed by atoms with van der Waals surface area (Å²) in [5.74, 6) is 0. The molecule has 282 valence electrons. The molecule has 0 bridgehead atoms. The van der Waals surface area contributed by atoms with E-state index in [9.17, 15) is 14.6 Å². The summed E-state index contributed by atoms with van der Waals surface area (Å²) >= 11 is 0. The average Bonchev–Trinajstić information content (AvgIpc) is 3.07. The van der Waals surface area contributed by atoms with Crippen LogP contribution >= 0.6 is 7.60 Å². The predicted molar refractivity (Wildman–Crippen MR) is 199 cm³/mol. The highest BCUT2D eigenvalue weighted by atomic mass is 31.2. The molecule has 3 atom stereocenters. The van der Waals surface area contributed by atoms with Gasteiger partial charge in [-0.3, -0.25) is 4.57 Å². The highest BCUT2D eigenvalue weighted by molar-refractivity contribution is 7.52. The van der Waals surface area contributed by atoms with E-state index in [0.29, 0.717) is 19.8 Å². The Hall–Kier alpha value is -0.270. The van der Waals surface area contributed by atoms with Gasteiger partial charge in [0.05, 0.1) is 32.1 Å². The minimum absolute atomic E-state index is 0.0146. The lowest BCUT2D eigenvalue weighted by atomic mass is 10.0. The molecule has 0 aromatic heterocycles. The molecular formula is C39H79O7P. The Labute approximate surface area is 291 Å². The molecule has 0 aromatic rings. The van der Waals surface area contributed by atoms with E-state index in [4.69, 9.17) is 19.1 Å². The first-order valence-corrected chi connectivity index (χ1v) is 21.8. The molecule has 7 nitrogen and oxygen atoms in total. The number of aliphatic hydroxyl groups is 2. The van der Waals surface area contributed by atoms with E-state index in [-0.39, 0.29) is 19.2 Å². The predicted octanol–water partition coefficient (Wildman–Crippen LogP) is 11.1. The molecule has 0 amide bonds. The van der Waals surface area contributed by atoms with Crippen LogP contribution in [0.5, 0.6) is 0 Å². The summed E-state index contributed by atoms with van der Waals surface area (Å²) in [6, 6.07) is 0. The van der Waals surface area contributed by atoms with Gasteiger partial charge < -0.3 is 29.1 Å². The topological polar surface area (TPSA) is 105 Å². The third-order valence-corrected chi connectivity index (χ3v) is 10.2. The zero-order valence-corrected chi connectivity index (χ0v) is 32.0. The van der Waals surface area contributed by atoms with E-state index in [1.165, 1.54) is 141 Å². The Bertz CT molecular complexity index is 690. The van der Waals surface area contributed by atoms with Crippen LogP contribution in [0.15, 0.2) is 12.2 Å². The van der Waals surface area contributed by atoms with E-state index in [1.54, 1.807) is 0 Å². The fourth-order valence-corrected chi connectivity index (χ4v) is 6.82. The maximum Gasteiger partial charge on any atom is 0.328 e. The Morgan fingerprint density at radius 1 is 0.596 bits per heavy atom. The Morgan fingerprint density at radius 2 is 1.02 bits per heavy atom. The minimum Gasteiger partial charge on any atom is -0.394 e. The molecule has 0 heterocycles. The van der Waals surface area contributed by atoms with Gasteiger partial charge in [0.25, 0.3) is 0 Å². The lowest BCUT2D eigenvalue weighted by Gasteiger charge is -2.21.